The Kier molecular flexibility index (Phi) is 5.60. The van der Waals surface area contributed by atoms with Crippen LogP contribution in [0.2, 0.25) is 5.02 Å². The molecule has 0 saturated heterocycles. The van der Waals surface area contributed by atoms with Gasteiger partial charge in [0.2, 0.25) is 0 Å². The van der Waals surface area contributed by atoms with Crippen LogP contribution in [0, 0.1) is 0 Å². The molecule has 0 atom stereocenters. The number of amidine groups is 1. The third-order valence-corrected chi connectivity index (χ3v) is 5.13. The first-order chi connectivity index (χ1) is 12.1. The molecule has 1 aliphatic heterocycles. The van der Waals surface area contributed by atoms with Crippen LogP contribution in [-0.4, -0.2) is 16.8 Å². The topological polar surface area (TPSA) is 15.6 Å². The van der Waals surface area contributed by atoms with Crippen molar-refractivity contribution in [2.75, 3.05) is 0 Å². The van der Waals surface area contributed by atoms with E-state index >= 15 is 0 Å². The fourth-order valence-electron chi connectivity index (χ4n) is 3.52. The minimum absolute atomic E-state index is 0.374. The molecule has 1 aromatic carbocycles. The van der Waals surface area contributed by atoms with Gasteiger partial charge in [-0.05, 0) is 44.9 Å². The van der Waals surface area contributed by atoms with Crippen LogP contribution in [0.1, 0.15) is 45.1 Å². The Labute approximate surface area is 155 Å². The second-order valence-corrected chi connectivity index (χ2v) is 6.97. The first kappa shape index (κ1) is 17.8. The smallest absolute Gasteiger partial charge is 0.140 e. The van der Waals surface area contributed by atoms with Gasteiger partial charge >= 0.3 is 0 Å². The van der Waals surface area contributed by atoms with E-state index in [0.29, 0.717) is 6.04 Å². The lowest BCUT2D eigenvalue weighted by molar-refractivity contribution is 0.624. The molecular formula is C22H25ClN2. The van der Waals surface area contributed by atoms with Crippen molar-refractivity contribution in [2.24, 2.45) is 4.99 Å². The van der Waals surface area contributed by atoms with E-state index in [1.54, 1.807) is 0 Å². The summed E-state index contributed by atoms with van der Waals surface area (Å²) in [6, 6.07) is 8.34. The van der Waals surface area contributed by atoms with Crippen LogP contribution in [0.5, 0.6) is 0 Å². The largest absolute Gasteiger partial charge is 0.300 e. The van der Waals surface area contributed by atoms with Crippen LogP contribution < -0.4 is 0 Å². The van der Waals surface area contributed by atoms with E-state index in [2.05, 4.69) is 36.6 Å². The molecule has 1 fully saturated rings. The van der Waals surface area contributed by atoms with Gasteiger partial charge in [-0.25, -0.2) is 0 Å². The van der Waals surface area contributed by atoms with Gasteiger partial charge in [0.15, 0.2) is 0 Å². The molecule has 0 aromatic heterocycles. The fourth-order valence-corrected chi connectivity index (χ4v) is 3.75. The van der Waals surface area contributed by atoms with E-state index in [1.165, 1.54) is 12.8 Å². The number of hydrogen-bond donors (Lipinski definition) is 0. The van der Waals surface area contributed by atoms with Gasteiger partial charge in [-0.2, -0.15) is 0 Å². The van der Waals surface area contributed by atoms with Crippen LogP contribution in [0.25, 0.3) is 5.57 Å². The molecule has 1 heterocycles. The Morgan fingerprint density at radius 3 is 2.64 bits per heavy atom. The summed E-state index contributed by atoms with van der Waals surface area (Å²) in [4.78, 5) is 7.32. The Morgan fingerprint density at radius 1 is 1.28 bits per heavy atom. The molecule has 0 N–H and O–H groups in total. The van der Waals surface area contributed by atoms with Gasteiger partial charge < -0.3 is 0 Å². The molecule has 0 unspecified atom stereocenters. The molecule has 1 aromatic rings. The highest BCUT2D eigenvalue weighted by Gasteiger charge is 2.25. The SMILES string of the molecule is C=C1C=CC=C(C)N1C(=NC1CCCC1)C(=CC)c1ccccc1Cl. The van der Waals surface area contributed by atoms with Gasteiger partial charge in [0, 0.05) is 27.6 Å². The van der Waals surface area contributed by atoms with Crippen LogP contribution in [0.15, 0.2) is 71.5 Å². The van der Waals surface area contributed by atoms with Gasteiger partial charge in [-0.1, -0.05) is 61.4 Å². The maximum atomic E-state index is 6.50. The maximum Gasteiger partial charge on any atom is 0.140 e. The maximum absolute atomic E-state index is 6.50. The quantitative estimate of drug-likeness (QED) is 0.455. The number of halogens is 1. The van der Waals surface area contributed by atoms with Gasteiger partial charge in [-0.3, -0.25) is 9.89 Å². The average Bonchev–Trinajstić information content (AvgIpc) is 3.10. The molecule has 3 heteroatoms. The number of allylic oxidation sites excluding steroid dienone is 5. The highest BCUT2D eigenvalue weighted by Crippen LogP contribution is 2.32. The Balaban J connectivity index is 2.10. The molecule has 0 bridgehead atoms. The summed E-state index contributed by atoms with van der Waals surface area (Å²) in [6.45, 7) is 8.37. The summed E-state index contributed by atoms with van der Waals surface area (Å²) in [6.07, 6.45) is 13.1. The molecule has 25 heavy (non-hydrogen) atoms. The van der Waals surface area contributed by atoms with E-state index in [-0.39, 0.29) is 0 Å². The first-order valence-corrected chi connectivity index (χ1v) is 9.33. The van der Waals surface area contributed by atoms with Crippen molar-refractivity contribution in [3.8, 4) is 0 Å². The first-order valence-electron chi connectivity index (χ1n) is 8.95. The van der Waals surface area contributed by atoms with Gasteiger partial charge in [0.1, 0.15) is 5.84 Å². The third kappa shape index (κ3) is 3.80. The van der Waals surface area contributed by atoms with Crippen molar-refractivity contribution >= 4 is 23.0 Å². The van der Waals surface area contributed by atoms with Crippen LogP contribution in [-0.2, 0) is 0 Å². The van der Waals surface area contributed by atoms with E-state index in [1.807, 2.05) is 37.3 Å². The minimum Gasteiger partial charge on any atom is -0.300 e. The van der Waals surface area contributed by atoms with Crippen molar-refractivity contribution < 1.29 is 0 Å². The predicted octanol–water partition coefficient (Wildman–Crippen LogP) is 6.37. The predicted molar refractivity (Wildman–Crippen MR) is 109 cm³/mol. The fraction of sp³-hybridized carbons (Fsp3) is 0.318. The number of aliphatic imine (C=N–C) groups is 1. The molecule has 3 rings (SSSR count). The number of nitrogens with zero attached hydrogens (tertiary/aromatic N) is 2. The lowest BCUT2D eigenvalue weighted by Crippen LogP contribution is -2.31. The molecule has 0 amide bonds. The Bertz CT molecular complexity index is 777. The molecule has 130 valence electrons. The summed E-state index contributed by atoms with van der Waals surface area (Å²) in [7, 11) is 0. The lowest BCUT2D eigenvalue weighted by atomic mass is 10.0. The van der Waals surface area contributed by atoms with Crippen molar-refractivity contribution in [2.45, 2.75) is 45.6 Å². The highest BCUT2D eigenvalue weighted by atomic mass is 35.5. The van der Waals surface area contributed by atoms with Gasteiger partial charge in [-0.15, -0.1) is 0 Å². The summed E-state index contributed by atoms with van der Waals surface area (Å²) < 4.78 is 0. The molecule has 0 spiro atoms. The van der Waals surface area contributed by atoms with Crippen molar-refractivity contribution in [1.29, 1.82) is 0 Å². The Morgan fingerprint density at radius 2 is 2.00 bits per heavy atom. The average molecular weight is 353 g/mol. The van der Waals surface area contributed by atoms with Crippen LogP contribution in [0.4, 0.5) is 0 Å². The van der Waals surface area contributed by atoms with E-state index in [0.717, 1.165) is 46.2 Å². The van der Waals surface area contributed by atoms with Crippen molar-refractivity contribution in [3.05, 3.63) is 77.1 Å². The zero-order chi connectivity index (χ0) is 17.8. The summed E-state index contributed by atoms with van der Waals surface area (Å²) in [5, 5.41) is 0.745. The summed E-state index contributed by atoms with van der Waals surface area (Å²) in [5.41, 5.74) is 4.12. The van der Waals surface area contributed by atoms with Gasteiger partial charge in [0.25, 0.3) is 0 Å². The summed E-state index contributed by atoms with van der Waals surface area (Å²) >= 11 is 6.50. The van der Waals surface area contributed by atoms with Crippen LogP contribution in [0.3, 0.4) is 0 Å². The molecule has 1 aliphatic carbocycles. The number of rotatable bonds is 3. The number of hydrogen-bond acceptors (Lipinski definition) is 1. The zero-order valence-corrected chi connectivity index (χ0v) is 15.8. The van der Waals surface area contributed by atoms with Crippen LogP contribution >= 0.6 is 11.6 Å². The van der Waals surface area contributed by atoms with E-state index < -0.39 is 0 Å². The molecule has 2 aliphatic rings. The molecule has 0 radical (unpaired) electrons. The van der Waals surface area contributed by atoms with Gasteiger partial charge in [0.05, 0.1) is 6.04 Å². The third-order valence-electron chi connectivity index (χ3n) is 4.80. The van der Waals surface area contributed by atoms with Crippen molar-refractivity contribution in [1.82, 2.24) is 4.90 Å². The zero-order valence-electron chi connectivity index (χ0n) is 15.0. The second kappa shape index (κ2) is 7.88. The van der Waals surface area contributed by atoms with E-state index in [9.17, 15) is 0 Å². The van der Waals surface area contributed by atoms with E-state index in [4.69, 9.17) is 16.6 Å². The molecule has 1 saturated carbocycles. The molecular weight excluding hydrogens is 328 g/mol. The van der Waals surface area contributed by atoms with Crippen molar-refractivity contribution in [3.63, 3.8) is 0 Å². The standard InChI is InChI=1S/C22H25ClN2/c1-4-19(20-14-7-8-15-21(20)23)22(24-18-12-5-6-13-18)25-16(2)10-9-11-17(25)3/h4,7-11,14-15,18H,2,5-6,12-13H2,1,3H3. The summed E-state index contributed by atoms with van der Waals surface area (Å²) in [5.74, 6) is 0.950. The Hall–Kier alpha value is -2.06. The molecule has 2 nitrogen and oxygen atoms in total. The minimum atomic E-state index is 0.374. The highest BCUT2D eigenvalue weighted by molar-refractivity contribution is 6.35. The lowest BCUT2D eigenvalue weighted by Gasteiger charge is -2.31. The monoisotopic (exact) mass is 352 g/mol. The number of benzene rings is 1. The normalized spacial score (nSPS) is 19.6. The second-order valence-electron chi connectivity index (χ2n) is 6.57.